The summed E-state index contributed by atoms with van der Waals surface area (Å²) in [5.74, 6) is 0.400. The van der Waals surface area contributed by atoms with Gasteiger partial charge in [0.15, 0.2) is 0 Å². The van der Waals surface area contributed by atoms with Crippen molar-refractivity contribution in [2.75, 3.05) is 5.32 Å². The van der Waals surface area contributed by atoms with Gasteiger partial charge in [0.1, 0.15) is 0 Å². The van der Waals surface area contributed by atoms with Crippen LogP contribution >= 0.6 is 23.7 Å². The SMILES string of the molecule is Cc1nc2ccc(NC(=O)C[C@@H]3CCC[C@H]3N)cc2s1.Cl. The Bertz CT molecular complexity index is 643. The summed E-state index contributed by atoms with van der Waals surface area (Å²) in [6.45, 7) is 1.99. The van der Waals surface area contributed by atoms with Gasteiger partial charge in [-0.2, -0.15) is 0 Å². The van der Waals surface area contributed by atoms with Gasteiger partial charge < -0.3 is 11.1 Å². The zero-order chi connectivity index (χ0) is 14.1. The van der Waals surface area contributed by atoms with Crippen molar-refractivity contribution in [3.63, 3.8) is 0 Å². The van der Waals surface area contributed by atoms with Crippen LogP contribution in [0.5, 0.6) is 0 Å². The van der Waals surface area contributed by atoms with Gasteiger partial charge in [0.25, 0.3) is 0 Å². The fraction of sp³-hybridized carbons (Fsp3) is 0.467. The molecular weight excluding hydrogens is 306 g/mol. The van der Waals surface area contributed by atoms with Crippen LogP contribution in [0.15, 0.2) is 18.2 Å². The summed E-state index contributed by atoms with van der Waals surface area (Å²) in [4.78, 5) is 16.5. The molecule has 1 aliphatic rings. The second-order valence-electron chi connectivity index (χ2n) is 5.52. The fourth-order valence-corrected chi connectivity index (χ4v) is 3.75. The van der Waals surface area contributed by atoms with Gasteiger partial charge in [-0.15, -0.1) is 23.7 Å². The van der Waals surface area contributed by atoms with Gasteiger partial charge in [-0.1, -0.05) is 6.42 Å². The Hall–Kier alpha value is -1.17. The lowest BCUT2D eigenvalue weighted by molar-refractivity contribution is -0.117. The maximum absolute atomic E-state index is 12.1. The van der Waals surface area contributed by atoms with Gasteiger partial charge in [-0.25, -0.2) is 4.98 Å². The Balaban J connectivity index is 0.00000161. The first-order chi connectivity index (χ1) is 9.61. The molecule has 3 rings (SSSR count). The first-order valence-corrected chi connectivity index (χ1v) is 7.86. The van der Waals surface area contributed by atoms with Crippen LogP contribution in [0.25, 0.3) is 10.2 Å². The van der Waals surface area contributed by atoms with E-state index in [9.17, 15) is 4.79 Å². The third-order valence-corrected chi connectivity index (χ3v) is 4.88. The fourth-order valence-electron chi connectivity index (χ4n) is 2.89. The molecule has 1 aromatic carbocycles. The standard InChI is InChI=1S/C15H19N3OS.ClH/c1-9-17-13-6-5-11(8-14(13)20-9)18-15(19)7-10-3-2-4-12(10)16;/h5-6,8,10,12H,2-4,7,16H2,1H3,(H,18,19);1H/t10-,12+;/m0./s1. The van der Waals surface area contributed by atoms with E-state index in [1.807, 2.05) is 25.1 Å². The van der Waals surface area contributed by atoms with Crippen molar-refractivity contribution < 1.29 is 4.79 Å². The van der Waals surface area contributed by atoms with Crippen LogP contribution < -0.4 is 11.1 Å². The number of hydrogen-bond donors (Lipinski definition) is 2. The van der Waals surface area contributed by atoms with Crippen molar-refractivity contribution in [1.29, 1.82) is 0 Å². The van der Waals surface area contributed by atoms with Crippen molar-refractivity contribution in [3.05, 3.63) is 23.2 Å². The Labute approximate surface area is 134 Å². The zero-order valence-electron chi connectivity index (χ0n) is 12.0. The van der Waals surface area contributed by atoms with Gasteiger partial charge in [0, 0.05) is 18.2 Å². The second kappa shape index (κ2) is 6.73. The number of nitrogens with one attached hydrogen (secondary N) is 1. The number of carbonyl (C=O) groups is 1. The maximum atomic E-state index is 12.1. The van der Waals surface area contributed by atoms with Crippen LogP contribution in [-0.2, 0) is 4.79 Å². The number of benzene rings is 1. The van der Waals surface area contributed by atoms with E-state index in [0.717, 1.165) is 40.2 Å². The van der Waals surface area contributed by atoms with Gasteiger partial charge in [-0.05, 0) is 43.9 Å². The monoisotopic (exact) mass is 325 g/mol. The minimum atomic E-state index is 0. The molecule has 1 fully saturated rings. The Morgan fingerprint density at radius 3 is 3.00 bits per heavy atom. The predicted octanol–water partition coefficient (Wildman–Crippen LogP) is 3.48. The molecule has 0 saturated heterocycles. The van der Waals surface area contributed by atoms with Crippen LogP contribution in [-0.4, -0.2) is 16.9 Å². The molecule has 1 saturated carbocycles. The van der Waals surface area contributed by atoms with Crippen LogP contribution in [0.2, 0.25) is 0 Å². The molecule has 0 spiro atoms. The van der Waals surface area contributed by atoms with E-state index in [0.29, 0.717) is 12.3 Å². The highest BCUT2D eigenvalue weighted by Crippen LogP contribution is 2.28. The number of carbonyl (C=O) groups excluding carboxylic acids is 1. The smallest absolute Gasteiger partial charge is 0.224 e. The summed E-state index contributed by atoms with van der Waals surface area (Å²) >= 11 is 1.64. The number of aromatic nitrogens is 1. The van der Waals surface area contributed by atoms with Crippen molar-refractivity contribution in [2.45, 2.75) is 38.6 Å². The average molecular weight is 326 g/mol. The van der Waals surface area contributed by atoms with Crippen LogP contribution in [0, 0.1) is 12.8 Å². The molecule has 1 aromatic heterocycles. The topological polar surface area (TPSA) is 68.0 Å². The number of aryl methyl sites for hydroxylation is 1. The highest BCUT2D eigenvalue weighted by atomic mass is 35.5. The quantitative estimate of drug-likeness (QED) is 0.907. The molecule has 0 bridgehead atoms. The largest absolute Gasteiger partial charge is 0.327 e. The summed E-state index contributed by atoms with van der Waals surface area (Å²) in [6.07, 6.45) is 3.79. The number of amides is 1. The number of hydrogen-bond acceptors (Lipinski definition) is 4. The van der Waals surface area contributed by atoms with E-state index < -0.39 is 0 Å². The summed E-state index contributed by atoms with van der Waals surface area (Å²) in [5.41, 5.74) is 7.85. The molecule has 21 heavy (non-hydrogen) atoms. The lowest BCUT2D eigenvalue weighted by Crippen LogP contribution is -2.28. The predicted molar refractivity (Wildman–Crippen MR) is 90.2 cm³/mol. The summed E-state index contributed by atoms with van der Waals surface area (Å²) < 4.78 is 1.11. The molecule has 1 aliphatic carbocycles. The van der Waals surface area contributed by atoms with Crippen LogP contribution in [0.1, 0.15) is 30.7 Å². The molecule has 4 nitrogen and oxygen atoms in total. The molecule has 0 unspecified atom stereocenters. The second-order valence-corrected chi connectivity index (χ2v) is 6.76. The van der Waals surface area contributed by atoms with E-state index in [4.69, 9.17) is 5.73 Å². The van der Waals surface area contributed by atoms with Gasteiger partial charge in [0.2, 0.25) is 5.91 Å². The molecule has 114 valence electrons. The maximum Gasteiger partial charge on any atom is 0.224 e. The van der Waals surface area contributed by atoms with E-state index in [1.165, 1.54) is 0 Å². The van der Waals surface area contributed by atoms with E-state index >= 15 is 0 Å². The lowest BCUT2D eigenvalue weighted by atomic mass is 10.00. The molecule has 0 radical (unpaired) electrons. The van der Waals surface area contributed by atoms with Crippen molar-refractivity contribution in [1.82, 2.24) is 4.98 Å². The molecule has 1 amide bonds. The minimum Gasteiger partial charge on any atom is -0.327 e. The summed E-state index contributed by atoms with van der Waals surface area (Å²) in [7, 11) is 0. The van der Waals surface area contributed by atoms with Crippen LogP contribution in [0.4, 0.5) is 5.69 Å². The third-order valence-electron chi connectivity index (χ3n) is 3.94. The molecule has 0 aliphatic heterocycles. The minimum absolute atomic E-state index is 0. The first-order valence-electron chi connectivity index (χ1n) is 7.04. The number of fused-ring (bicyclic) bond motifs is 1. The van der Waals surface area contributed by atoms with Crippen molar-refractivity contribution >= 4 is 45.6 Å². The molecule has 2 atom stereocenters. The van der Waals surface area contributed by atoms with Gasteiger partial charge in [0.05, 0.1) is 15.2 Å². The highest BCUT2D eigenvalue weighted by molar-refractivity contribution is 7.18. The number of nitrogens with two attached hydrogens (primary N) is 1. The van der Waals surface area contributed by atoms with Gasteiger partial charge >= 0.3 is 0 Å². The molecule has 1 heterocycles. The number of rotatable bonds is 3. The van der Waals surface area contributed by atoms with Crippen molar-refractivity contribution in [2.24, 2.45) is 11.7 Å². The normalized spacial score (nSPS) is 21.2. The first kappa shape index (κ1) is 16.2. The lowest BCUT2D eigenvalue weighted by Gasteiger charge is -2.14. The summed E-state index contributed by atoms with van der Waals surface area (Å²) in [5, 5.41) is 4.02. The molecule has 3 N–H and O–H groups in total. The Morgan fingerprint density at radius 2 is 2.29 bits per heavy atom. The molecule has 6 heteroatoms. The number of nitrogens with zero attached hydrogens (tertiary/aromatic N) is 1. The summed E-state index contributed by atoms with van der Waals surface area (Å²) in [6, 6.07) is 6.04. The Morgan fingerprint density at radius 1 is 1.48 bits per heavy atom. The highest BCUT2D eigenvalue weighted by Gasteiger charge is 2.26. The van der Waals surface area contributed by atoms with E-state index in [1.54, 1.807) is 11.3 Å². The number of thiazole rings is 1. The van der Waals surface area contributed by atoms with Crippen molar-refractivity contribution in [3.8, 4) is 0 Å². The molecular formula is C15H20ClN3OS. The van der Waals surface area contributed by atoms with E-state index in [2.05, 4.69) is 10.3 Å². The Kier molecular flexibility index (Phi) is 5.19. The number of anilines is 1. The average Bonchev–Trinajstić information content (AvgIpc) is 2.94. The number of halogens is 1. The third kappa shape index (κ3) is 3.73. The molecule has 2 aromatic rings. The van der Waals surface area contributed by atoms with Gasteiger partial charge in [-0.3, -0.25) is 4.79 Å². The van der Waals surface area contributed by atoms with Crippen LogP contribution in [0.3, 0.4) is 0 Å². The van der Waals surface area contributed by atoms with E-state index in [-0.39, 0.29) is 24.4 Å². The zero-order valence-corrected chi connectivity index (χ0v) is 13.6.